The van der Waals surface area contributed by atoms with Crippen molar-refractivity contribution >= 4 is 23.4 Å². The van der Waals surface area contributed by atoms with Gasteiger partial charge in [-0.05, 0) is 88.6 Å². The third-order valence-electron chi connectivity index (χ3n) is 5.91. The van der Waals surface area contributed by atoms with Crippen molar-refractivity contribution in [2.75, 3.05) is 24.1 Å². The highest BCUT2D eigenvalue weighted by molar-refractivity contribution is 5.68. The Hall–Kier alpha value is -4.32. The fourth-order valence-corrected chi connectivity index (χ4v) is 4.21. The predicted molar refractivity (Wildman–Crippen MR) is 142 cm³/mol. The van der Waals surface area contributed by atoms with Gasteiger partial charge >= 0.3 is 6.09 Å². The molecule has 2 heterocycles. The number of carbonyl (C=O) groups excluding carboxylic acids is 1. The largest absolute Gasteiger partial charge is 0.444 e. The quantitative estimate of drug-likeness (QED) is 0.455. The first-order chi connectivity index (χ1) is 17.5. The minimum atomic E-state index is -0.577. The van der Waals surface area contributed by atoms with Crippen molar-refractivity contribution in [3.05, 3.63) is 64.3 Å². The number of rotatable bonds is 4. The maximum Gasteiger partial charge on any atom is 0.410 e. The van der Waals surface area contributed by atoms with Crippen molar-refractivity contribution in [1.29, 1.82) is 5.26 Å². The van der Waals surface area contributed by atoms with Gasteiger partial charge in [-0.1, -0.05) is 0 Å². The number of fused-ring (bicyclic) bond motifs is 1. The summed E-state index contributed by atoms with van der Waals surface area (Å²) < 4.78 is 12.0. The van der Waals surface area contributed by atoms with E-state index in [1.807, 2.05) is 46.8 Å². The number of nitrogens with two attached hydrogens (primary N) is 1. The van der Waals surface area contributed by atoms with Crippen LogP contribution in [0.2, 0.25) is 0 Å². The van der Waals surface area contributed by atoms with Crippen molar-refractivity contribution in [3.8, 4) is 17.7 Å². The Bertz CT molecular complexity index is 1330. The molecule has 1 aromatic heterocycles. The summed E-state index contributed by atoms with van der Waals surface area (Å²) in [7, 11) is 0. The molecule has 0 radical (unpaired) electrons. The maximum atomic E-state index is 12.8. The molecular formula is C28H32N6O3. The summed E-state index contributed by atoms with van der Waals surface area (Å²) in [5.74, 6) is 1.49. The van der Waals surface area contributed by atoms with Crippen molar-refractivity contribution in [3.63, 3.8) is 0 Å². The molecule has 2 aromatic carbocycles. The Labute approximate surface area is 217 Å². The highest BCUT2D eigenvalue weighted by Crippen LogP contribution is 2.34. The number of nitrogens with one attached hydrogen (secondary N) is 1. The van der Waals surface area contributed by atoms with E-state index in [-0.39, 0.29) is 6.09 Å². The summed E-state index contributed by atoms with van der Waals surface area (Å²) in [5, 5.41) is 12.3. The Morgan fingerprint density at radius 3 is 2.35 bits per heavy atom. The number of benzene rings is 2. The fraction of sp³-hybridized carbons (Fsp3) is 0.357. The second-order valence-corrected chi connectivity index (χ2v) is 10.1. The van der Waals surface area contributed by atoms with Crippen LogP contribution in [-0.4, -0.2) is 39.7 Å². The third-order valence-corrected chi connectivity index (χ3v) is 5.91. The van der Waals surface area contributed by atoms with E-state index in [0.29, 0.717) is 54.8 Å². The average molecular weight is 501 g/mol. The topological polar surface area (TPSA) is 126 Å². The molecule has 0 bridgehead atoms. The van der Waals surface area contributed by atoms with Gasteiger partial charge in [-0.15, -0.1) is 0 Å². The lowest BCUT2D eigenvalue weighted by atomic mass is 10.1. The molecule has 1 aliphatic rings. The molecule has 9 heteroatoms. The molecule has 4 rings (SSSR count). The Kier molecular flexibility index (Phi) is 7.21. The zero-order valence-electron chi connectivity index (χ0n) is 21.9. The van der Waals surface area contributed by atoms with E-state index in [1.165, 1.54) is 0 Å². The number of hydrogen-bond acceptors (Lipinski definition) is 8. The molecule has 192 valence electrons. The van der Waals surface area contributed by atoms with Crippen LogP contribution in [0.25, 0.3) is 0 Å². The minimum absolute atomic E-state index is 0.350. The van der Waals surface area contributed by atoms with Crippen LogP contribution in [0.5, 0.6) is 11.6 Å². The van der Waals surface area contributed by atoms with Crippen LogP contribution >= 0.6 is 0 Å². The number of anilines is 3. The molecule has 37 heavy (non-hydrogen) atoms. The lowest BCUT2D eigenvalue weighted by Gasteiger charge is -2.26. The normalized spacial score (nSPS) is 13.2. The van der Waals surface area contributed by atoms with Crippen LogP contribution in [0.1, 0.15) is 48.7 Å². The van der Waals surface area contributed by atoms with E-state index < -0.39 is 5.60 Å². The van der Waals surface area contributed by atoms with Gasteiger partial charge in [0.2, 0.25) is 11.8 Å². The molecule has 3 aromatic rings. The number of hydrogen-bond donors (Lipinski definition) is 2. The van der Waals surface area contributed by atoms with Gasteiger partial charge in [-0.25, -0.2) is 9.78 Å². The number of carbonyl (C=O) groups is 1. The van der Waals surface area contributed by atoms with Crippen LogP contribution < -0.4 is 15.8 Å². The zero-order valence-corrected chi connectivity index (χ0v) is 21.9. The van der Waals surface area contributed by atoms with Gasteiger partial charge < -0.3 is 25.4 Å². The standard InChI is InChI=1S/C28H32N6O3/c1-17-14-20(30)15-18(2)24(17)36-25-22-10-12-34(27(35)37-28(3,4)5)13-11-23(22)32-26(33-25)31-21-8-6-19(16-29)7-9-21/h6-9,14-15H,10-13,30H2,1-5H3,(H,31,32,33). The SMILES string of the molecule is Cc1cc(N)cc(C)c1Oc1nc(Nc2ccc(C#N)cc2)nc2c1CCN(C(=O)OC(C)(C)C)CC2. The number of nitrogens with zero attached hydrogens (tertiary/aromatic N) is 4. The van der Waals surface area contributed by atoms with Gasteiger partial charge in [-0.2, -0.15) is 10.2 Å². The molecule has 0 unspecified atom stereocenters. The summed E-state index contributed by atoms with van der Waals surface area (Å²) >= 11 is 0. The summed E-state index contributed by atoms with van der Waals surface area (Å²) in [6, 6.07) is 12.9. The number of amides is 1. The molecular weight excluding hydrogens is 468 g/mol. The summed E-state index contributed by atoms with van der Waals surface area (Å²) in [6.45, 7) is 10.4. The van der Waals surface area contributed by atoms with Crippen LogP contribution in [-0.2, 0) is 17.6 Å². The predicted octanol–water partition coefficient (Wildman–Crippen LogP) is 5.42. The highest BCUT2D eigenvalue weighted by Gasteiger charge is 2.27. The monoisotopic (exact) mass is 500 g/mol. The van der Waals surface area contributed by atoms with E-state index in [0.717, 1.165) is 28.1 Å². The van der Waals surface area contributed by atoms with E-state index in [4.69, 9.17) is 30.4 Å². The number of nitrogen functional groups attached to an aromatic ring is 1. The van der Waals surface area contributed by atoms with Gasteiger partial charge in [0.1, 0.15) is 11.4 Å². The first-order valence-corrected chi connectivity index (χ1v) is 12.2. The number of nitriles is 1. The molecule has 1 amide bonds. The van der Waals surface area contributed by atoms with Gasteiger partial charge in [0.05, 0.1) is 17.3 Å². The van der Waals surface area contributed by atoms with Crippen molar-refractivity contribution in [2.45, 2.75) is 53.1 Å². The Balaban J connectivity index is 1.69. The third kappa shape index (κ3) is 6.28. The van der Waals surface area contributed by atoms with Gasteiger partial charge in [0.25, 0.3) is 0 Å². The number of aromatic nitrogens is 2. The molecule has 3 N–H and O–H groups in total. The highest BCUT2D eigenvalue weighted by atomic mass is 16.6. The molecule has 0 saturated carbocycles. The van der Waals surface area contributed by atoms with Crippen molar-refractivity contribution < 1.29 is 14.3 Å². The van der Waals surface area contributed by atoms with Crippen molar-refractivity contribution in [1.82, 2.24) is 14.9 Å². The molecule has 0 spiro atoms. The molecule has 0 saturated heterocycles. The van der Waals surface area contributed by atoms with E-state index >= 15 is 0 Å². The summed E-state index contributed by atoms with van der Waals surface area (Å²) in [5.41, 5.74) is 10.9. The smallest absolute Gasteiger partial charge is 0.410 e. The first kappa shape index (κ1) is 25.8. The zero-order chi connectivity index (χ0) is 26.7. The van der Waals surface area contributed by atoms with Crippen molar-refractivity contribution in [2.24, 2.45) is 0 Å². The van der Waals surface area contributed by atoms with Crippen LogP contribution in [0.15, 0.2) is 36.4 Å². The second-order valence-electron chi connectivity index (χ2n) is 10.1. The maximum absolute atomic E-state index is 12.8. The number of ether oxygens (including phenoxy) is 2. The summed E-state index contributed by atoms with van der Waals surface area (Å²) in [4.78, 5) is 24.0. The van der Waals surface area contributed by atoms with Gasteiger partial charge in [0.15, 0.2) is 0 Å². The molecule has 0 aliphatic carbocycles. The van der Waals surface area contributed by atoms with Crippen LogP contribution in [0, 0.1) is 25.2 Å². The minimum Gasteiger partial charge on any atom is -0.444 e. The second kappa shape index (κ2) is 10.3. The summed E-state index contributed by atoms with van der Waals surface area (Å²) in [6.07, 6.45) is 0.695. The molecule has 0 atom stereocenters. The molecule has 0 fully saturated rings. The van der Waals surface area contributed by atoms with E-state index in [1.54, 1.807) is 29.2 Å². The molecule has 9 nitrogen and oxygen atoms in total. The molecule has 1 aliphatic heterocycles. The van der Waals surface area contributed by atoms with Crippen LogP contribution in [0.3, 0.4) is 0 Å². The Morgan fingerprint density at radius 1 is 1.08 bits per heavy atom. The lowest BCUT2D eigenvalue weighted by Crippen LogP contribution is -2.38. The lowest BCUT2D eigenvalue weighted by molar-refractivity contribution is 0.0258. The van der Waals surface area contributed by atoms with E-state index in [2.05, 4.69) is 11.4 Å². The average Bonchev–Trinajstić information content (AvgIpc) is 3.04. The van der Waals surface area contributed by atoms with Crippen LogP contribution in [0.4, 0.5) is 22.1 Å². The fourth-order valence-electron chi connectivity index (χ4n) is 4.21. The number of aryl methyl sites for hydroxylation is 2. The first-order valence-electron chi connectivity index (χ1n) is 12.2. The van der Waals surface area contributed by atoms with E-state index in [9.17, 15) is 4.79 Å². The van der Waals surface area contributed by atoms with Gasteiger partial charge in [0, 0.05) is 36.4 Å². The Morgan fingerprint density at radius 2 is 1.73 bits per heavy atom. The van der Waals surface area contributed by atoms with Gasteiger partial charge in [-0.3, -0.25) is 0 Å².